The van der Waals surface area contributed by atoms with Crippen LogP contribution in [0.4, 0.5) is 0 Å². The second-order valence-electron chi connectivity index (χ2n) is 4.01. The highest BCUT2D eigenvalue weighted by molar-refractivity contribution is 6.34. The number of halogens is 3. The van der Waals surface area contributed by atoms with Gasteiger partial charge in [-0.3, -0.25) is 0 Å². The lowest BCUT2D eigenvalue weighted by Crippen LogP contribution is -2.07. The van der Waals surface area contributed by atoms with E-state index in [0.717, 1.165) is 5.56 Å². The first-order valence-corrected chi connectivity index (χ1v) is 6.96. The fourth-order valence-corrected chi connectivity index (χ4v) is 2.43. The first kappa shape index (κ1) is 15.9. The molecule has 1 heterocycles. The summed E-state index contributed by atoms with van der Waals surface area (Å²) in [6.45, 7) is 0.159. The number of methoxy groups -OCH3 is 1. The minimum atomic E-state index is -0.568. The van der Waals surface area contributed by atoms with Gasteiger partial charge in [-0.15, -0.1) is 0 Å². The summed E-state index contributed by atoms with van der Waals surface area (Å²) in [5.41, 5.74) is 0.892. The van der Waals surface area contributed by atoms with E-state index in [-0.39, 0.29) is 27.5 Å². The zero-order valence-electron chi connectivity index (χ0n) is 10.9. The van der Waals surface area contributed by atoms with Crippen molar-refractivity contribution in [3.63, 3.8) is 0 Å². The first-order valence-electron chi connectivity index (χ1n) is 5.83. The van der Waals surface area contributed by atoms with Crippen LogP contribution in [0.3, 0.4) is 0 Å². The topological polar surface area (TPSA) is 48.4 Å². The molecule has 0 spiro atoms. The van der Waals surface area contributed by atoms with E-state index >= 15 is 0 Å². The molecule has 0 N–H and O–H groups in total. The largest absolute Gasteiger partial charge is 0.488 e. The number of carbonyl (C=O) groups excluding carboxylic acids is 1. The van der Waals surface area contributed by atoms with Crippen molar-refractivity contribution < 1.29 is 14.3 Å². The number of carbonyl (C=O) groups is 1. The van der Waals surface area contributed by atoms with Crippen LogP contribution < -0.4 is 4.74 Å². The Balaban J connectivity index is 2.24. The summed E-state index contributed by atoms with van der Waals surface area (Å²) in [4.78, 5) is 15.6. The second-order valence-corrected chi connectivity index (χ2v) is 5.20. The van der Waals surface area contributed by atoms with E-state index in [1.165, 1.54) is 7.11 Å². The van der Waals surface area contributed by atoms with E-state index in [1.807, 2.05) is 0 Å². The van der Waals surface area contributed by atoms with Crippen molar-refractivity contribution >= 4 is 40.8 Å². The van der Waals surface area contributed by atoms with Gasteiger partial charge in [-0.2, -0.15) is 0 Å². The maximum absolute atomic E-state index is 11.7. The lowest BCUT2D eigenvalue weighted by atomic mass is 10.2. The summed E-state index contributed by atoms with van der Waals surface area (Å²) in [6, 6.07) is 8.13. The Morgan fingerprint density at radius 3 is 2.48 bits per heavy atom. The molecule has 0 radical (unpaired) electrons. The highest BCUT2D eigenvalue weighted by Gasteiger charge is 2.17. The van der Waals surface area contributed by atoms with Crippen molar-refractivity contribution in [1.82, 2.24) is 4.98 Å². The molecule has 21 heavy (non-hydrogen) atoms. The molecule has 4 nitrogen and oxygen atoms in total. The normalized spacial score (nSPS) is 10.3. The molecule has 2 rings (SSSR count). The predicted octanol–water partition coefficient (Wildman–Crippen LogP) is 4.41. The Kier molecular flexibility index (Phi) is 5.28. The third kappa shape index (κ3) is 4.00. The molecule has 0 amide bonds. The zero-order chi connectivity index (χ0) is 15.4. The van der Waals surface area contributed by atoms with E-state index in [9.17, 15) is 4.79 Å². The third-order valence-electron chi connectivity index (χ3n) is 2.58. The molecule has 0 fully saturated rings. The highest BCUT2D eigenvalue weighted by Crippen LogP contribution is 2.28. The van der Waals surface area contributed by atoms with Crippen LogP contribution in [0.15, 0.2) is 30.3 Å². The molecule has 1 aromatic heterocycles. The van der Waals surface area contributed by atoms with Crippen LogP contribution in [0, 0.1) is 0 Å². The van der Waals surface area contributed by atoms with Crippen LogP contribution in [0.5, 0.6) is 5.75 Å². The van der Waals surface area contributed by atoms with E-state index in [4.69, 9.17) is 44.3 Å². The number of nitrogens with zero attached hydrogens (tertiary/aromatic N) is 1. The quantitative estimate of drug-likeness (QED) is 0.608. The summed E-state index contributed by atoms with van der Waals surface area (Å²) in [6.07, 6.45) is 0. The molecule has 0 bridgehead atoms. The summed E-state index contributed by atoms with van der Waals surface area (Å²) in [5.74, 6) is -0.250. The molecule has 0 unspecified atom stereocenters. The van der Waals surface area contributed by atoms with Crippen molar-refractivity contribution in [1.29, 1.82) is 0 Å². The molecule has 0 aliphatic rings. The zero-order valence-corrected chi connectivity index (χ0v) is 13.2. The fraction of sp³-hybridized carbons (Fsp3) is 0.143. The Morgan fingerprint density at radius 2 is 1.86 bits per heavy atom. The van der Waals surface area contributed by atoms with Crippen LogP contribution in [0.1, 0.15) is 15.9 Å². The number of ether oxygens (including phenoxy) is 2. The van der Waals surface area contributed by atoms with Crippen LogP contribution >= 0.6 is 34.8 Å². The van der Waals surface area contributed by atoms with Gasteiger partial charge in [0.25, 0.3) is 0 Å². The number of aromatic nitrogens is 1. The first-order chi connectivity index (χ1) is 10.0. The number of hydrogen-bond donors (Lipinski definition) is 0. The van der Waals surface area contributed by atoms with Gasteiger partial charge < -0.3 is 9.47 Å². The minimum absolute atomic E-state index is 0.159. The van der Waals surface area contributed by atoms with Gasteiger partial charge in [0.05, 0.1) is 12.1 Å². The van der Waals surface area contributed by atoms with Gasteiger partial charge in [0.15, 0.2) is 0 Å². The smallest absolute Gasteiger partial charge is 0.343 e. The summed E-state index contributed by atoms with van der Waals surface area (Å²) < 4.78 is 10.3. The average Bonchev–Trinajstić information content (AvgIpc) is 2.43. The summed E-state index contributed by atoms with van der Waals surface area (Å²) in [7, 11) is 1.28. The Bertz CT molecular complexity index is 656. The molecule has 0 aliphatic heterocycles. The monoisotopic (exact) mass is 345 g/mol. The lowest BCUT2D eigenvalue weighted by Gasteiger charge is -2.11. The molecule has 7 heteroatoms. The molecular formula is C14H10Cl3NO3. The Morgan fingerprint density at radius 1 is 1.19 bits per heavy atom. The van der Waals surface area contributed by atoms with Crippen molar-refractivity contribution in [3.8, 4) is 5.75 Å². The van der Waals surface area contributed by atoms with Crippen LogP contribution in [0.2, 0.25) is 15.3 Å². The summed E-state index contributed by atoms with van der Waals surface area (Å²) >= 11 is 17.6. The number of hydrogen-bond acceptors (Lipinski definition) is 4. The second kappa shape index (κ2) is 6.98. The van der Waals surface area contributed by atoms with Crippen LogP contribution in [0.25, 0.3) is 0 Å². The number of benzene rings is 1. The van der Waals surface area contributed by atoms with Crippen molar-refractivity contribution in [2.24, 2.45) is 0 Å². The van der Waals surface area contributed by atoms with Gasteiger partial charge in [-0.25, -0.2) is 9.78 Å². The van der Waals surface area contributed by atoms with Crippen molar-refractivity contribution in [2.75, 3.05) is 7.11 Å². The highest BCUT2D eigenvalue weighted by atomic mass is 35.5. The van der Waals surface area contributed by atoms with Gasteiger partial charge in [0, 0.05) is 0 Å². The molecule has 0 atom stereocenters. The molecule has 1 aromatic carbocycles. The van der Waals surface area contributed by atoms with E-state index in [0.29, 0.717) is 5.75 Å². The number of esters is 1. The van der Waals surface area contributed by atoms with E-state index < -0.39 is 5.97 Å². The molecule has 0 saturated carbocycles. The average molecular weight is 347 g/mol. The molecule has 0 aliphatic carbocycles. The molecule has 110 valence electrons. The maximum Gasteiger partial charge on any atom is 0.343 e. The van der Waals surface area contributed by atoms with Crippen LogP contribution in [-0.2, 0) is 11.3 Å². The molecule has 2 aromatic rings. The van der Waals surface area contributed by atoms with Gasteiger partial charge in [-0.1, -0.05) is 40.9 Å². The standard InChI is InChI=1S/C14H10Cl3NO3/c1-20-14(19)13-9(15)3-2-4-10(13)21-7-8-5-11(16)18-12(17)6-8/h2-6H,7H2,1H3. The van der Waals surface area contributed by atoms with Crippen molar-refractivity contribution in [2.45, 2.75) is 6.61 Å². The number of rotatable bonds is 4. The van der Waals surface area contributed by atoms with Crippen LogP contribution in [-0.4, -0.2) is 18.1 Å². The number of pyridine rings is 1. The SMILES string of the molecule is COC(=O)c1c(Cl)cccc1OCc1cc(Cl)nc(Cl)c1. The fourth-order valence-electron chi connectivity index (χ4n) is 1.68. The Labute approximate surface area is 136 Å². The minimum Gasteiger partial charge on any atom is -0.488 e. The molecule has 0 saturated heterocycles. The predicted molar refractivity (Wildman–Crippen MR) is 81.4 cm³/mol. The van der Waals surface area contributed by atoms with Gasteiger partial charge in [-0.05, 0) is 29.8 Å². The van der Waals surface area contributed by atoms with Gasteiger partial charge in [0.2, 0.25) is 0 Å². The lowest BCUT2D eigenvalue weighted by molar-refractivity contribution is 0.0596. The van der Waals surface area contributed by atoms with E-state index in [2.05, 4.69) is 4.98 Å². The third-order valence-corrected chi connectivity index (χ3v) is 3.28. The Hall–Kier alpha value is -1.49. The van der Waals surface area contributed by atoms with Gasteiger partial charge >= 0.3 is 5.97 Å². The van der Waals surface area contributed by atoms with E-state index in [1.54, 1.807) is 30.3 Å². The summed E-state index contributed by atoms with van der Waals surface area (Å²) in [5, 5.41) is 0.783. The maximum atomic E-state index is 11.7. The van der Waals surface area contributed by atoms with Crippen molar-refractivity contribution in [3.05, 3.63) is 56.8 Å². The van der Waals surface area contributed by atoms with Gasteiger partial charge in [0.1, 0.15) is 28.2 Å². The molecular weight excluding hydrogens is 337 g/mol.